The van der Waals surface area contributed by atoms with Crippen LogP contribution in [0.4, 0.5) is 0 Å². The van der Waals surface area contributed by atoms with E-state index in [0.717, 1.165) is 23.9 Å². The normalized spacial score (nSPS) is 18.8. The number of amides is 1. The number of fused-ring (bicyclic) bond motifs is 1. The third kappa shape index (κ3) is 4.28. The fourth-order valence-corrected chi connectivity index (χ4v) is 3.53. The summed E-state index contributed by atoms with van der Waals surface area (Å²) < 4.78 is 1.70. The first-order valence-electron chi connectivity index (χ1n) is 8.75. The molecule has 1 aromatic heterocycles. The highest BCUT2D eigenvalue weighted by molar-refractivity contribution is 6.31. The molecule has 0 aliphatic carbocycles. The third-order valence-electron chi connectivity index (χ3n) is 4.78. The van der Waals surface area contributed by atoms with Crippen molar-refractivity contribution < 1.29 is 4.79 Å². The minimum Gasteiger partial charge on any atom is -0.354 e. The van der Waals surface area contributed by atoms with Gasteiger partial charge in [0.05, 0.1) is 11.7 Å². The summed E-state index contributed by atoms with van der Waals surface area (Å²) in [5.41, 5.74) is 0.889. The molecule has 1 aliphatic heterocycles. The quantitative estimate of drug-likeness (QED) is 0.816. The first-order valence-corrected chi connectivity index (χ1v) is 9.13. The van der Waals surface area contributed by atoms with Crippen molar-refractivity contribution in [3.63, 3.8) is 0 Å². The molecule has 2 heterocycles. The maximum absolute atomic E-state index is 12.1. The SMILES string of the molecule is CC1CCCCN1CCCNC(=O)Cn1ncc2ccc(Cl)cc21. The van der Waals surface area contributed by atoms with Crippen molar-refractivity contribution in [1.82, 2.24) is 20.0 Å². The Morgan fingerprint density at radius 3 is 3.12 bits per heavy atom. The molecule has 0 radical (unpaired) electrons. The van der Waals surface area contributed by atoms with E-state index in [1.807, 2.05) is 18.2 Å². The Labute approximate surface area is 148 Å². The van der Waals surface area contributed by atoms with Gasteiger partial charge >= 0.3 is 0 Å². The molecule has 0 saturated carbocycles. The van der Waals surface area contributed by atoms with Crippen LogP contribution < -0.4 is 5.32 Å². The standard InChI is InChI=1S/C18H25ClN4O/c1-14-5-2-3-9-22(14)10-4-8-20-18(24)13-23-17-11-16(19)7-6-15(17)12-21-23/h6-7,11-12,14H,2-5,8-10,13H2,1H3,(H,20,24). The second-order valence-corrected chi connectivity index (χ2v) is 7.03. The van der Waals surface area contributed by atoms with Crippen LogP contribution in [0, 0.1) is 0 Å². The Morgan fingerprint density at radius 1 is 1.42 bits per heavy atom. The number of aromatic nitrogens is 2. The summed E-state index contributed by atoms with van der Waals surface area (Å²) in [6.45, 7) is 5.48. The lowest BCUT2D eigenvalue weighted by molar-refractivity contribution is -0.121. The second-order valence-electron chi connectivity index (χ2n) is 6.59. The fourth-order valence-electron chi connectivity index (χ4n) is 3.36. The molecule has 130 valence electrons. The van der Waals surface area contributed by atoms with Gasteiger partial charge in [-0.05, 0) is 50.9 Å². The Kier molecular flexibility index (Phi) is 5.74. The largest absolute Gasteiger partial charge is 0.354 e. The summed E-state index contributed by atoms with van der Waals surface area (Å²) in [7, 11) is 0. The van der Waals surface area contributed by atoms with Gasteiger partial charge in [-0.25, -0.2) is 0 Å². The topological polar surface area (TPSA) is 50.2 Å². The minimum absolute atomic E-state index is 0.00771. The van der Waals surface area contributed by atoms with Gasteiger partial charge in [-0.1, -0.05) is 18.0 Å². The summed E-state index contributed by atoms with van der Waals surface area (Å²) in [5.74, 6) is -0.00771. The van der Waals surface area contributed by atoms with Crippen LogP contribution >= 0.6 is 11.6 Å². The maximum atomic E-state index is 12.1. The molecule has 1 unspecified atom stereocenters. The molecular formula is C18H25ClN4O. The maximum Gasteiger partial charge on any atom is 0.241 e. The van der Waals surface area contributed by atoms with E-state index in [1.165, 1.54) is 25.8 Å². The number of carbonyl (C=O) groups excluding carboxylic acids is 1. The van der Waals surface area contributed by atoms with Crippen molar-refractivity contribution >= 4 is 28.4 Å². The molecule has 6 heteroatoms. The van der Waals surface area contributed by atoms with Crippen LogP contribution in [0.1, 0.15) is 32.6 Å². The summed E-state index contributed by atoms with van der Waals surface area (Å²) in [6, 6.07) is 6.26. The minimum atomic E-state index is -0.00771. The highest BCUT2D eigenvalue weighted by Gasteiger charge is 2.17. The first kappa shape index (κ1) is 17.2. The Hall–Kier alpha value is -1.59. The third-order valence-corrected chi connectivity index (χ3v) is 5.02. The number of piperidine rings is 1. The van der Waals surface area contributed by atoms with E-state index in [4.69, 9.17) is 11.6 Å². The zero-order valence-corrected chi connectivity index (χ0v) is 14.9. The highest BCUT2D eigenvalue weighted by atomic mass is 35.5. The van der Waals surface area contributed by atoms with Crippen molar-refractivity contribution in [2.75, 3.05) is 19.6 Å². The van der Waals surface area contributed by atoms with Crippen molar-refractivity contribution in [2.45, 2.75) is 45.2 Å². The Bertz CT molecular complexity index is 699. The molecule has 1 aromatic carbocycles. The molecule has 24 heavy (non-hydrogen) atoms. The predicted molar refractivity (Wildman–Crippen MR) is 97.3 cm³/mol. The van der Waals surface area contributed by atoms with E-state index in [-0.39, 0.29) is 12.5 Å². The van der Waals surface area contributed by atoms with Gasteiger partial charge in [0, 0.05) is 29.5 Å². The van der Waals surface area contributed by atoms with Gasteiger partial charge < -0.3 is 10.2 Å². The number of rotatable bonds is 6. The molecule has 1 aliphatic rings. The average Bonchev–Trinajstić information content (AvgIpc) is 2.95. The number of likely N-dealkylation sites (tertiary alicyclic amines) is 1. The van der Waals surface area contributed by atoms with E-state index in [9.17, 15) is 4.79 Å². The summed E-state index contributed by atoms with van der Waals surface area (Å²) in [4.78, 5) is 14.7. The molecule has 5 nitrogen and oxygen atoms in total. The fraction of sp³-hybridized carbons (Fsp3) is 0.556. The van der Waals surface area contributed by atoms with Gasteiger partial charge in [0.2, 0.25) is 5.91 Å². The van der Waals surface area contributed by atoms with Crippen LogP contribution in [0.25, 0.3) is 10.9 Å². The summed E-state index contributed by atoms with van der Waals surface area (Å²) >= 11 is 6.03. The van der Waals surface area contributed by atoms with Crippen LogP contribution in [-0.2, 0) is 11.3 Å². The number of nitrogens with one attached hydrogen (secondary N) is 1. The van der Waals surface area contributed by atoms with E-state index >= 15 is 0 Å². The van der Waals surface area contributed by atoms with Gasteiger partial charge in [0.1, 0.15) is 6.54 Å². The van der Waals surface area contributed by atoms with Crippen molar-refractivity contribution in [2.24, 2.45) is 0 Å². The molecular weight excluding hydrogens is 324 g/mol. The number of benzene rings is 1. The summed E-state index contributed by atoms with van der Waals surface area (Å²) in [6.07, 6.45) is 6.68. The van der Waals surface area contributed by atoms with Gasteiger partial charge in [-0.3, -0.25) is 9.48 Å². The number of hydrogen-bond acceptors (Lipinski definition) is 3. The molecule has 2 aromatic rings. The van der Waals surface area contributed by atoms with Gasteiger partial charge in [-0.15, -0.1) is 0 Å². The van der Waals surface area contributed by atoms with Gasteiger partial charge in [0.25, 0.3) is 0 Å². The van der Waals surface area contributed by atoms with E-state index in [1.54, 1.807) is 10.9 Å². The molecule has 0 bridgehead atoms. The number of nitrogens with zero attached hydrogens (tertiary/aromatic N) is 3. The molecule has 1 amide bonds. The van der Waals surface area contributed by atoms with E-state index in [2.05, 4.69) is 22.2 Å². The van der Waals surface area contributed by atoms with E-state index < -0.39 is 0 Å². The van der Waals surface area contributed by atoms with Crippen LogP contribution in [0.15, 0.2) is 24.4 Å². The monoisotopic (exact) mass is 348 g/mol. The second kappa shape index (κ2) is 7.99. The van der Waals surface area contributed by atoms with Crippen molar-refractivity contribution in [3.8, 4) is 0 Å². The number of carbonyl (C=O) groups is 1. The Balaban J connectivity index is 1.44. The lowest BCUT2D eigenvalue weighted by atomic mass is 10.0. The van der Waals surface area contributed by atoms with Crippen molar-refractivity contribution in [3.05, 3.63) is 29.4 Å². The van der Waals surface area contributed by atoms with Gasteiger partial charge in [0.15, 0.2) is 0 Å². The van der Waals surface area contributed by atoms with Crippen LogP contribution in [-0.4, -0.2) is 46.3 Å². The number of hydrogen-bond donors (Lipinski definition) is 1. The smallest absolute Gasteiger partial charge is 0.241 e. The van der Waals surface area contributed by atoms with Gasteiger partial charge in [-0.2, -0.15) is 5.10 Å². The molecule has 0 spiro atoms. The van der Waals surface area contributed by atoms with Crippen molar-refractivity contribution in [1.29, 1.82) is 0 Å². The Morgan fingerprint density at radius 2 is 2.29 bits per heavy atom. The molecule has 1 saturated heterocycles. The zero-order chi connectivity index (χ0) is 16.9. The zero-order valence-electron chi connectivity index (χ0n) is 14.2. The lowest BCUT2D eigenvalue weighted by Gasteiger charge is -2.33. The van der Waals surface area contributed by atoms with Crippen LogP contribution in [0.2, 0.25) is 5.02 Å². The molecule has 1 atom stereocenters. The molecule has 1 N–H and O–H groups in total. The summed E-state index contributed by atoms with van der Waals surface area (Å²) in [5, 5.41) is 8.92. The average molecular weight is 349 g/mol. The highest BCUT2D eigenvalue weighted by Crippen LogP contribution is 2.19. The first-order chi connectivity index (χ1) is 11.6. The lowest BCUT2D eigenvalue weighted by Crippen LogP contribution is -2.39. The van der Waals surface area contributed by atoms with Crippen LogP contribution in [0.3, 0.4) is 0 Å². The number of halogens is 1. The molecule has 3 rings (SSSR count). The van der Waals surface area contributed by atoms with E-state index in [0.29, 0.717) is 17.6 Å². The van der Waals surface area contributed by atoms with Crippen LogP contribution in [0.5, 0.6) is 0 Å². The predicted octanol–water partition coefficient (Wildman–Crippen LogP) is 3.07. The molecule has 1 fully saturated rings.